The zero-order valence-corrected chi connectivity index (χ0v) is 10.8. The molecule has 4 N–H and O–H groups in total. The highest BCUT2D eigenvalue weighted by Crippen LogP contribution is 2.21. The molecule has 0 saturated carbocycles. The van der Waals surface area contributed by atoms with Crippen molar-refractivity contribution in [2.24, 2.45) is 11.8 Å². The fourth-order valence-corrected chi connectivity index (χ4v) is 2.23. The molecule has 0 amide bonds. The Morgan fingerprint density at radius 1 is 1.44 bits per heavy atom. The molecule has 1 aromatic rings. The SMILES string of the molecule is CCc1c(NN)ncnc1NCC1CCCOC1. The molecule has 6 heteroatoms. The highest BCUT2D eigenvalue weighted by Gasteiger charge is 2.15. The lowest BCUT2D eigenvalue weighted by Crippen LogP contribution is -2.25. The molecule has 2 rings (SSSR count). The Labute approximate surface area is 107 Å². The molecule has 100 valence electrons. The number of hydrogen-bond acceptors (Lipinski definition) is 6. The lowest BCUT2D eigenvalue weighted by Gasteiger charge is -2.23. The van der Waals surface area contributed by atoms with Crippen LogP contribution in [0, 0.1) is 5.92 Å². The number of nitrogens with one attached hydrogen (secondary N) is 2. The summed E-state index contributed by atoms with van der Waals surface area (Å²) in [5, 5.41) is 3.38. The number of hydrazine groups is 1. The Morgan fingerprint density at radius 3 is 2.94 bits per heavy atom. The van der Waals surface area contributed by atoms with Crippen molar-refractivity contribution < 1.29 is 4.74 Å². The van der Waals surface area contributed by atoms with Gasteiger partial charge in [-0.15, -0.1) is 0 Å². The molecule has 1 aliphatic heterocycles. The van der Waals surface area contributed by atoms with Gasteiger partial charge in [0.2, 0.25) is 0 Å². The zero-order valence-electron chi connectivity index (χ0n) is 10.8. The predicted molar refractivity (Wildman–Crippen MR) is 71.3 cm³/mol. The van der Waals surface area contributed by atoms with Crippen molar-refractivity contribution in [2.75, 3.05) is 30.5 Å². The van der Waals surface area contributed by atoms with Gasteiger partial charge in [0.05, 0.1) is 6.61 Å². The van der Waals surface area contributed by atoms with Crippen LogP contribution in [0.3, 0.4) is 0 Å². The van der Waals surface area contributed by atoms with E-state index in [0.29, 0.717) is 11.7 Å². The first-order valence-electron chi connectivity index (χ1n) is 6.47. The van der Waals surface area contributed by atoms with Crippen LogP contribution in [0.15, 0.2) is 6.33 Å². The quantitative estimate of drug-likeness (QED) is 0.538. The maximum absolute atomic E-state index is 5.47. The van der Waals surface area contributed by atoms with Gasteiger partial charge in [0.1, 0.15) is 18.0 Å². The average Bonchev–Trinajstić information content (AvgIpc) is 2.45. The van der Waals surface area contributed by atoms with E-state index in [1.807, 2.05) is 0 Å². The van der Waals surface area contributed by atoms with Crippen LogP contribution < -0.4 is 16.6 Å². The van der Waals surface area contributed by atoms with Gasteiger partial charge in [-0.3, -0.25) is 0 Å². The number of nitrogens with two attached hydrogens (primary N) is 1. The summed E-state index contributed by atoms with van der Waals surface area (Å²) >= 11 is 0. The average molecular weight is 251 g/mol. The number of hydrogen-bond donors (Lipinski definition) is 3. The summed E-state index contributed by atoms with van der Waals surface area (Å²) in [5.41, 5.74) is 3.63. The summed E-state index contributed by atoms with van der Waals surface area (Å²) in [4.78, 5) is 8.40. The van der Waals surface area contributed by atoms with E-state index in [1.54, 1.807) is 0 Å². The molecule has 6 nitrogen and oxygen atoms in total. The van der Waals surface area contributed by atoms with E-state index < -0.39 is 0 Å². The highest BCUT2D eigenvalue weighted by molar-refractivity contribution is 5.56. The van der Waals surface area contributed by atoms with Crippen molar-refractivity contribution >= 4 is 11.6 Å². The van der Waals surface area contributed by atoms with Crippen LogP contribution in [0.1, 0.15) is 25.3 Å². The largest absolute Gasteiger partial charge is 0.381 e. The van der Waals surface area contributed by atoms with Gasteiger partial charge < -0.3 is 15.5 Å². The molecule has 1 atom stereocenters. The van der Waals surface area contributed by atoms with E-state index >= 15 is 0 Å². The monoisotopic (exact) mass is 251 g/mol. The minimum Gasteiger partial charge on any atom is -0.381 e. The molecule has 0 aromatic carbocycles. The molecule has 0 radical (unpaired) electrons. The minimum absolute atomic E-state index is 0.563. The molecular weight excluding hydrogens is 230 g/mol. The second kappa shape index (κ2) is 6.51. The number of nitrogen functional groups attached to an aromatic ring is 1. The Kier molecular flexibility index (Phi) is 4.72. The maximum Gasteiger partial charge on any atom is 0.148 e. The van der Waals surface area contributed by atoms with E-state index in [1.165, 1.54) is 12.7 Å². The number of ether oxygens (including phenoxy) is 1. The third kappa shape index (κ3) is 3.08. The first kappa shape index (κ1) is 13.0. The first-order valence-corrected chi connectivity index (χ1v) is 6.47. The summed E-state index contributed by atoms with van der Waals surface area (Å²) in [6.45, 7) is 4.68. The Bertz CT molecular complexity index is 379. The highest BCUT2D eigenvalue weighted by atomic mass is 16.5. The fraction of sp³-hybridized carbons (Fsp3) is 0.667. The van der Waals surface area contributed by atoms with Gasteiger partial charge in [0, 0.05) is 18.7 Å². The van der Waals surface area contributed by atoms with E-state index in [0.717, 1.165) is 44.0 Å². The third-order valence-electron chi connectivity index (χ3n) is 3.25. The number of aromatic nitrogens is 2. The van der Waals surface area contributed by atoms with Crippen molar-refractivity contribution in [3.63, 3.8) is 0 Å². The van der Waals surface area contributed by atoms with Crippen LogP contribution in [-0.4, -0.2) is 29.7 Å². The fourth-order valence-electron chi connectivity index (χ4n) is 2.23. The van der Waals surface area contributed by atoms with Crippen molar-refractivity contribution in [1.82, 2.24) is 9.97 Å². The van der Waals surface area contributed by atoms with Crippen molar-refractivity contribution in [1.29, 1.82) is 0 Å². The molecule has 0 spiro atoms. The second-order valence-electron chi connectivity index (χ2n) is 4.51. The van der Waals surface area contributed by atoms with Gasteiger partial charge in [-0.2, -0.15) is 0 Å². The summed E-state index contributed by atoms with van der Waals surface area (Å²) < 4.78 is 5.47. The van der Waals surface area contributed by atoms with Crippen LogP contribution in [0.25, 0.3) is 0 Å². The molecule has 2 heterocycles. The van der Waals surface area contributed by atoms with Crippen molar-refractivity contribution in [3.05, 3.63) is 11.9 Å². The zero-order chi connectivity index (χ0) is 12.8. The number of anilines is 2. The van der Waals surface area contributed by atoms with Crippen LogP contribution in [0.4, 0.5) is 11.6 Å². The van der Waals surface area contributed by atoms with Crippen LogP contribution in [0.5, 0.6) is 0 Å². The first-order chi connectivity index (χ1) is 8.85. The summed E-state index contributed by atoms with van der Waals surface area (Å²) in [5.74, 6) is 7.57. The topological polar surface area (TPSA) is 85.1 Å². The van der Waals surface area contributed by atoms with E-state index in [4.69, 9.17) is 10.6 Å². The minimum atomic E-state index is 0.563. The standard InChI is InChI=1S/C12H21N5O/c1-2-10-11(15-8-16-12(10)17-13)14-6-9-4-3-5-18-7-9/h8-9H,2-7,13H2,1H3,(H2,14,15,16,17). The maximum atomic E-state index is 5.47. The smallest absolute Gasteiger partial charge is 0.148 e. The third-order valence-corrected chi connectivity index (χ3v) is 3.25. The predicted octanol–water partition coefficient (Wildman–Crippen LogP) is 1.16. The summed E-state index contributed by atoms with van der Waals surface area (Å²) in [6, 6.07) is 0. The van der Waals surface area contributed by atoms with Gasteiger partial charge >= 0.3 is 0 Å². The Balaban J connectivity index is 1.99. The molecule has 18 heavy (non-hydrogen) atoms. The van der Waals surface area contributed by atoms with E-state index in [9.17, 15) is 0 Å². The number of nitrogens with zero attached hydrogens (tertiary/aromatic N) is 2. The van der Waals surface area contributed by atoms with Gasteiger partial charge in [0.15, 0.2) is 0 Å². The Morgan fingerprint density at radius 2 is 2.28 bits per heavy atom. The normalized spacial score (nSPS) is 19.6. The van der Waals surface area contributed by atoms with Gasteiger partial charge in [-0.05, 0) is 25.2 Å². The lowest BCUT2D eigenvalue weighted by molar-refractivity contribution is 0.0595. The summed E-state index contributed by atoms with van der Waals surface area (Å²) in [7, 11) is 0. The second-order valence-corrected chi connectivity index (χ2v) is 4.51. The van der Waals surface area contributed by atoms with Gasteiger partial charge in [-0.25, -0.2) is 15.8 Å². The Hall–Kier alpha value is -1.40. The van der Waals surface area contributed by atoms with E-state index in [2.05, 4.69) is 27.6 Å². The molecule has 0 bridgehead atoms. The molecule has 1 aromatic heterocycles. The molecule has 1 aliphatic rings. The van der Waals surface area contributed by atoms with Gasteiger partial charge in [0.25, 0.3) is 0 Å². The molecule has 1 saturated heterocycles. The van der Waals surface area contributed by atoms with Crippen molar-refractivity contribution in [3.8, 4) is 0 Å². The molecule has 1 fully saturated rings. The molecular formula is C12H21N5O. The van der Waals surface area contributed by atoms with Crippen LogP contribution in [0.2, 0.25) is 0 Å². The van der Waals surface area contributed by atoms with E-state index in [-0.39, 0.29) is 0 Å². The van der Waals surface area contributed by atoms with Gasteiger partial charge in [-0.1, -0.05) is 6.92 Å². The number of rotatable bonds is 5. The van der Waals surface area contributed by atoms with Crippen molar-refractivity contribution in [2.45, 2.75) is 26.2 Å². The summed E-state index contributed by atoms with van der Waals surface area (Å²) in [6.07, 6.45) is 4.71. The van der Waals surface area contributed by atoms with Crippen LogP contribution in [-0.2, 0) is 11.2 Å². The lowest BCUT2D eigenvalue weighted by atomic mass is 10.0. The molecule has 0 aliphatic carbocycles. The molecule has 1 unspecified atom stereocenters. The van der Waals surface area contributed by atoms with Crippen LogP contribution >= 0.6 is 0 Å².